The monoisotopic (exact) mass is 255 g/mol. The van der Waals surface area contributed by atoms with E-state index in [1.807, 2.05) is 12.1 Å². The van der Waals surface area contributed by atoms with Gasteiger partial charge in [-0.25, -0.2) is 0 Å². The molecule has 2 rings (SSSR count). The molecule has 0 aromatic carbocycles. The van der Waals surface area contributed by atoms with E-state index in [2.05, 4.69) is 11.8 Å². The molecule has 5 nitrogen and oxygen atoms in total. The lowest BCUT2D eigenvalue weighted by atomic mass is 10.2. The molecule has 1 N–H and O–H groups in total. The molecule has 0 radical (unpaired) electrons. The van der Waals surface area contributed by atoms with Crippen LogP contribution in [-0.2, 0) is 16.1 Å². The lowest BCUT2D eigenvalue weighted by molar-refractivity contribution is -0.0412. The quantitative estimate of drug-likeness (QED) is 0.817. The van der Waals surface area contributed by atoms with Gasteiger partial charge in [0.2, 0.25) is 0 Å². The first-order valence-electron chi connectivity index (χ1n) is 6.35. The molecule has 1 aromatic rings. The number of hydrogen-bond donors (Lipinski definition) is 1. The van der Waals surface area contributed by atoms with Gasteiger partial charge in [-0.15, -0.1) is 0 Å². The molecule has 1 fully saturated rings. The molecular weight excluding hydrogens is 234 g/mol. The summed E-state index contributed by atoms with van der Waals surface area (Å²) in [5.41, 5.74) is 0. The average molecular weight is 255 g/mol. The first-order chi connectivity index (χ1) is 8.75. The summed E-state index contributed by atoms with van der Waals surface area (Å²) in [7, 11) is 0. The lowest BCUT2D eigenvalue weighted by Crippen LogP contribution is -2.47. The normalized spacial score (nSPS) is 23.1. The third-order valence-electron chi connectivity index (χ3n) is 3.09. The van der Waals surface area contributed by atoms with Crippen LogP contribution in [0, 0.1) is 0 Å². The minimum absolute atomic E-state index is 0.324. The van der Waals surface area contributed by atoms with Gasteiger partial charge < -0.3 is 19.0 Å². The molecule has 0 amide bonds. The molecule has 1 aliphatic rings. The van der Waals surface area contributed by atoms with Crippen molar-refractivity contribution in [1.29, 1.82) is 0 Å². The highest BCUT2D eigenvalue weighted by Gasteiger charge is 2.21. The van der Waals surface area contributed by atoms with Crippen LogP contribution in [-0.4, -0.2) is 55.1 Å². The molecule has 2 unspecified atom stereocenters. The van der Waals surface area contributed by atoms with E-state index in [1.54, 1.807) is 6.26 Å². The predicted molar refractivity (Wildman–Crippen MR) is 66.2 cm³/mol. The molecule has 1 saturated heterocycles. The molecule has 5 heteroatoms. The van der Waals surface area contributed by atoms with Crippen LogP contribution in [0.1, 0.15) is 12.7 Å². The SMILES string of the molecule is CC1COCCN1CC(O)COCc1ccco1. The van der Waals surface area contributed by atoms with Crippen molar-refractivity contribution in [3.8, 4) is 0 Å². The van der Waals surface area contributed by atoms with Crippen LogP contribution < -0.4 is 0 Å². The van der Waals surface area contributed by atoms with Crippen LogP contribution in [0.5, 0.6) is 0 Å². The molecule has 2 atom stereocenters. The third kappa shape index (κ3) is 4.10. The van der Waals surface area contributed by atoms with Gasteiger partial charge in [0.25, 0.3) is 0 Å². The fourth-order valence-electron chi connectivity index (χ4n) is 2.05. The van der Waals surface area contributed by atoms with Gasteiger partial charge in [0, 0.05) is 19.1 Å². The molecule has 0 saturated carbocycles. The highest BCUT2D eigenvalue weighted by Crippen LogP contribution is 2.07. The van der Waals surface area contributed by atoms with Gasteiger partial charge in [-0.2, -0.15) is 0 Å². The number of hydrogen-bond acceptors (Lipinski definition) is 5. The molecule has 0 bridgehead atoms. The summed E-state index contributed by atoms with van der Waals surface area (Å²) in [6.07, 6.45) is 1.14. The Labute approximate surface area is 107 Å². The van der Waals surface area contributed by atoms with Gasteiger partial charge in [0.1, 0.15) is 12.4 Å². The second-order valence-corrected chi connectivity index (χ2v) is 4.67. The van der Waals surface area contributed by atoms with E-state index in [4.69, 9.17) is 13.9 Å². The average Bonchev–Trinajstić information content (AvgIpc) is 2.85. The van der Waals surface area contributed by atoms with Crippen LogP contribution in [0.3, 0.4) is 0 Å². The van der Waals surface area contributed by atoms with E-state index in [0.29, 0.717) is 25.8 Å². The second-order valence-electron chi connectivity index (χ2n) is 4.67. The Morgan fingerprint density at radius 1 is 1.61 bits per heavy atom. The van der Waals surface area contributed by atoms with E-state index < -0.39 is 6.10 Å². The predicted octanol–water partition coefficient (Wildman–Crippen LogP) is 0.878. The van der Waals surface area contributed by atoms with E-state index in [1.165, 1.54) is 0 Å². The second kappa shape index (κ2) is 6.89. The number of ether oxygens (including phenoxy) is 2. The topological polar surface area (TPSA) is 55.1 Å². The number of furan rings is 1. The van der Waals surface area contributed by atoms with Crippen LogP contribution in [0.2, 0.25) is 0 Å². The van der Waals surface area contributed by atoms with Gasteiger partial charge >= 0.3 is 0 Å². The summed E-state index contributed by atoms with van der Waals surface area (Å²) in [5.74, 6) is 0.780. The summed E-state index contributed by atoms with van der Waals surface area (Å²) in [4.78, 5) is 2.23. The fraction of sp³-hybridized carbons (Fsp3) is 0.692. The van der Waals surface area contributed by atoms with Crippen LogP contribution in [0.4, 0.5) is 0 Å². The van der Waals surface area contributed by atoms with E-state index in [9.17, 15) is 5.11 Å². The highest BCUT2D eigenvalue weighted by atomic mass is 16.5. The zero-order valence-corrected chi connectivity index (χ0v) is 10.7. The van der Waals surface area contributed by atoms with Crippen LogP contribution >= 0.6 is 0 Å². The maximum atomic E-state index is 9.91. The Morgan fingerprint density at radius 3 is 3.22 bits per heavy atom. The standard InChI is InChI=1S/C13H21NO4/c1-11-8-16-6-4-14(11)7-12(15)9-17-10-13-3-2-5-18-13/h2-3,5,11-12,15H,4,6-10H2,1H3. The molecule has 1 aromatic heterocycles. The molecule has 0 aliphatic carbocycles. The number of β-amino-alcohol motifs (C(OH)–C–C–N with tert-alkyl or cyclic N) is 1. The van der Waals surface area contributed by atoms with Crippen LogP contribution in [0.15, 0.2) is 22.8 Å². The van der Waals surface area contributed by atoms with Gasteiger partial charge in [-0.1, -0.05) is 0 Å². The van der Waals surface area contributed by atoms with Crippen molar-refractivity contribution in [2.45, 2.75) is 25.7 Å². The van der Waals surface area contributed by atoms with Crippen molar-refractivity contribution in [2.75, 3.05) is 32.9 Å². The first kappa shape index (κ1) is 13.5. The number of morpholine rings is 1. The summed E-state index contributed by atoms with van der Waals surface area (Å²) >= 11 is 0. The maximum absolute atomic E-state index is 9.91. The molecule has 0 spiro atoms. The Bertz CT molecular complexity index is 328. The number of rotatable bonds is 6. The van der Waals surface area contributed by atoms with Crippen molar-refractivity contribution < 1.29 is 19.0 Å². The molecule has 102 valence electrons. The Balaban J connectivity index is 1.63. The zero-order valence-electron chi connectivity index (χ0n) is 10.7. The lowest BCUT2D eigenvalue weighted by Gasteiger charge is -2.34. The van der Waals surface area contributed by atoms with Crippen LogP contribution in [0.25, 0.3) is 0 Å². The summed E-state index contributed by atoms with van der Waals surface area (Å²) in [6, 6.07) is 4.04. The molecular formula is C13H21NO4. The summed E-state index contributed by atoms with van der Waals surface area (Å²) < 4.78 is 15.9. The van der Waals surface area contributed by atoms with Gasteiger partial charge in [-0.3, -0.25) is 4.90 Å². The Morgan fingerprint density at radius 2 is 2.50 bits per heavy atom. The summed E-state index contributed by atoms with van der Waals surface area (Å²) in [6.45, 7) is 5.81. The zero-order chi connectivity index (χ0) is 12.8. The van der Waals surface area contributed by atoms with Crippen molar-refractivity contribution in [2.24, 2.45) is 0 Å². The largest absolute Gasteiger partial charge is 0.467 e. The fourth-order valence-corrected chi connectivity index (χ4v) is 2.05. The molecule has 18 heavy (non-hydrogen) atoms. The van der Waals surface area contributed by atoms with E-state index in [0.717, 1.165) is 25.5 Å². The van der Waals surface area contributed by atoms with Crippen molar-refractivity contribution in [1.82, 2.24) is 4.90 Å². The highest BCUT2D eigenvalue weighted by molar-refractivity contribution is 4.96. The number of nitrogens with zero attached hydrogens (tertiary/aromatic N) is 1. The van der Waals surface area contributed by atoms with Crippen molar-refractivity contribution >= 4 is 0 Å². The minimum atomic E-state index is -0.472. The first-order valence-corrected chi connectivity index (χ1v) is 6.35. The minimum Gasteiger partial charge on any atom is -0.467 e. The van der Waals surface area contributed by atoms with Crippen molar-refractivity contribution in [3.05, 3.63) is 24.2 Å². The number of aliphatic hydroxyl groups excluding tert-OH is 1. The van der Waals surface area contributed by atoms with E-state index >= 15 is 0 Å². The van der Waals surface area contributed by atoms with Gasteiger partial charge in [-0.05, 0) is 19.1 Å². The van der Waals surface area contributed by atoms with E-state index in [-0.39, 0.29) is 0 Å². The molecule has 1 aliphatic heterocycles. The summed E-state index contributed by atoms with van der Waals surface area (Å²) in [5, 5.41) is 9.91. The van der Waals surface area contributed by atoms with Crippen molar-refractivity contribution in [3.63, 3.8) is 0 Å². The number of aliphatic hydroxyl groups is 1. The smallest absolute Gasteiger partial charge is 0.129 e. The van der Waals surface area contributed by atoms with Gasteiger partial charge in [0.05, 0.1) is 32.2 Å². The maximum Gasteiger partial charge on any atom is 0.129 e. The van der Waals surface area contributed by atoms with Gasteiger partial charge in [0.15, 0.2) is 0 Å². The Hall–Kier alpha value is -0.880. The third-order valence-corrected chi connectivity index (χ3v) is 3.09. The molecule has 2 heterocycles. The Kier molecular flexibility index (Phi) is 5.19.